The maximum atomic E-state index is 14.7. The van der Waals surface area contributed by atoms with Crippen molar-refractivity contribution in [2.45, 2.75) is 6.92 Å². The molecule has 4 rings (SSSR count). The van der Waals surface area contributed by atoms with Gasteiger partial charge in [-0.25, -0.2) is 13.8 Å². The van der Waals surface area contributed by atoms with Crippen LogP contribution in [-0.2, 0) is 0 Å². The summed E-state index contributed by atoms with van der Waals surface area (Å²) in [5.41, 5.74) is 7.38. The Kier molecular flexibility index (Phi) is 2.26. The van der Waals surface area contributed by atoms with Crippen molar-refractivity contribution in [3.8, 4) is 11.3 Å². The molecule has 0 aliphatic carbocycles. The lowest BCUT2D eigenvalue weighted by Crippen LogP contribution is -2.06. The van der Waals surface area contributed by atoms with E-state index in [4.69, 9.17) is 10.2 Å². The molecule has 3 heterocycles. The topological polar surface area (TPSA) is 82.2 Å². The predicted octanol–water partition coefficient (Wildman–Crippen LogP) is 2.57. The van der Waals surface area contributed by atoms with Crippen molar-refractivity contribution in [2.75, 3.05) is 5.73 Å². The van der Waals surface area contributed by atoms with Crippen LogP contribution in [0.2, 0.25) is 0 Å². The highest BCUT2D eigenvalue weighted by molar-refractivity contribution is 5.93. The van der Waals surface area contributed by atoms with Crippen LogP contribution in [0.4, 0.5) is 10.3 Å². The van der Waals surface area contributed by atoms with Crippen LogP contribution in [0.3, 0.4) is 0 Å². The minimum Gasteiger partial charge on any atom is -0.464 e. The Balaban J connectivity index is 2.11. The number of furan rings is 1. The first kappa shape index (κ1) is 11.8. The number of rotatable bonds is 1. The third-order valence-corrected chi connectivity index (χ3v) is 3.44. The first-order valence-electron chi connectivity index (χ1n) is 6.30. The van der Waals surface area contributed by atoms with Crippen LogP contribution in [-0.4, -0.2) is 19.6 Å². The van der Waals surface area contributed by atoms with E-state index in [2.05, 4.69) is 15.2 Å². The fourth-order valence-corrected chi connectivity index (χ4v) is 2.48. The number of hydrogen-bond donors (Lipinski definition) is 1. The van der Waals surface area contributed by atoms with Crippen molar-refractivity contribution in [1.29, 1.82) is 0 Å². The molecule has 6 nitrogen and oxygen atoms in total. The molecule has 1 aromatic carbocycles. The van der Waals surface area contributed by atoms with E-state index in [-0.39, 0.29) is 17.3 Å². The highest BCUT2D eigenvalue weighted by atomic mass is 19.1. The molecule has 3 aromatic heterocycles. The molecular formula is C14H10FN5O. The fourth-order valence-electron chi connectivity index (χ4n) is 2.48. The highest BCUT2D eigenvalue weighted by Crippen LogP contribution is 2.31. The van der Waals surface area contributed by atoms with Gasteiger partial charge in [0, 0.05) is 10.9 Å². The smallest absolute Gasteiger partial charge is 0.208 e. The second-order valence-electron chi connectivity index (χ2n) is 4.68. The first-order chi connectivity index (χ1) is 10.2. The summed E-state index contributed by atoms with van der Waals surface area (Å²) >= 11 is 0. The van der Waals surface area contributed by atoms with Gasteiger partial charge in [0.25, 0.3) is 0 Å². The number of aromatic nitrogens is 4. The van der Waals surface area contributed by atoms with Crippen molar-refractivity contribution in [2.24, 2.45) is 0 Å². The third-order valence-electron chi connectivity index (χ3n) is 3.44. The summed E-state index contributed by atoms with van der Waals surface area (Å²) in [6.45, 7) is 1.69. The van der Waals surface area contributed by atoms with Gasteiger partial charge in [-0.15, -0.1) is 10.2 Å². The lowest BCUT2D eigenvalue weighted by Gasteiger charge is -2.07. The second-order valence-corrected chi connectivity index (χ2v) is 4.68. The Labute approximate surface area is 118 Å². The summed E-state index contributed by atoms with van der Waals surface area (Å²) in [5, 5.41) is 8.43. The molecule has 7 heteroatoms. The molecule has 4 aromatic rings. The Morgan fingerprint density at radius 3 is 2.95 bits per heavy atom. The average molecular weight is 283 g/mol. The van der Waals surface area contributed by atoms with Crippen LogP contribution in [0.5, 0.6) is 0 Å². The maximum absolute atomic E-state index is 14.7. The molecule has 2 N–H and O–H groups in total. The first-order valence-corrected chi connectivity index (χ1v) is 6.30. The van der Waals surface area contributed by atoms with Gasteiger partial charge in [0.1, 0.15) is 17.1 Å². The van der Waals surface area contributed by atoms with Gasteiger partial charge in [0.2, 0.25) is 11.6 Å². The molecule has 0 bridgehead atoms. The number of nitrogens with two attached hydrogens (primary N) is 1. The summed E-state index contributed by atoms with van der Waals surface area (Å²) in [6.07, 6.45) is 1.55. The number of aryl methyl sites for hydroxylation is 1. The number of nitrogens with zero attached hydrogens (tertiary/aromatic N) is 4. The molecule has 0 radical (unpaired) electrons. The summed E-state index contributed by atoms with van der Waals surface area (Å²) in [4.78, 5) is 4.18. The van der Waals surface area contributed by atoms with Crippen LogP contribution in [0, 0.1) is 12.7 Å². The summed E-state index contributed by atoms with van der Waals surface area (Å²) in [5.74, 6) is 0.0740. The van der Waals surface area contributed by atoms with Crippen LogP contribution < -0.4 is 5.73 Å². The zero-order chi connectivity index (χ0) is 14.6. The zero-order valence-corrected chi connectivity index (χ0v) is 11.0. The minimum absolute atomic E-state index is 0.0653. The molecule has 104 valence electrons. The fraction of sp³-hybridized carbons (Fsp3) is 0.0714. The van der Waals surface area contributed by atoms with Gasteiger partial charge in [-0.3, -0.25) is 0 Å². The van der Waals surface area contributed by atoms with Crippen molar-refractivity contribution < 1.29 is 8.81 Å². The number of benzene rings is 1. The van der Waals surface area contributed by atoms with Crippen LogP contribution in [0.25, 0.3) is 27.9 Å². The molecule has 0 aliphatic rings. The molecule has 0 amide bonds. The number of fused-ring (bicyclic) bond motifs is 2. The molecule has 0 atom stereocenters. The number of hydrogen-bond acceptors (Lipinski definition) is 5. The van der Waals surface area contributed by atoms with Crippen LogP contribution in [0.1, 0.15) is 5.82 Å². The standard InChI is InChI=1S/C14H10FN5O/c1-7-18-19-13-11(15)12(17-14(16)20(7)13)9-3-2-4-10-8(9)5-6-21-10/h2-6H,1H3,(H2,16,17). The molecule has 0 fully saturated rings. The van der Waals surface area contributed by atoms with Gasteiger partial charge in [-0.05, 0) is 19.1 Å². The number of halogens is 1. The van der Waals surface area contributed by atoms with Crippen molar-refractivity contribution >= 4 is 22.6 Å². The lowest BCUT2D eigenvalue weighted by atomic mass is 10.1. The van der Waals surface area contributed by atoms with Gasteiger partial charge < -0.3 is 10.2 Å². The molecule has 0 aliphatic heterocycles. The quantitative estimate of drug-likeness (QED) is 0.580. The van der Waals surface area contributed by atoms with E-state index in [0.29, 0.717) is 17.0 Å². The van der Waals surface area contributed by atoms with Crippen LogP contribution >= 0.6 is 0 Å². The molecular weight excluding hydrogens is 273 g/mol. The highest BCUT2D eigenvalue weighted by Gasteiger charge is 2.19. The Morgan fingerprint density at radius 1 is 1.24 bits per heavy atom. The zero-order valence-electron chi connectivity index (χ0n) is 11.0. The lowest BCUT2D eigenvalue weighted by molar-refractivity contribution is 0.616. The van der Waals surface area contributed by atoms with E-state index in [1.807, 2.05) is 0 Å². The minimum atomic E-state index is -0.557. The van der Waals surface area contributed by atoms with Crippen molar-refractivity contribution in [1.82, 2.24) is 19.6 Å². The molecule has 0 saturated carbocycles. The molecule has 0 saturated heterocycles. The second kappa shape index (κ2) is 4.02. The van der Waals surface area contributed by atoms with E-state index in [1.54, 1.807) is 37.5 Å². The monoisotopic (exact) mass is 283 g/mol. The maximum Gasteiger partial charge on any atom is 0.208 e. The summed E-state index contributed by atoms with van der Waals surface area (Å²) in [6, 6.07) is 7.11. The van der Waals surface area contributed by atoms with Gasteiger partial charge in [0.05, 0.1) is 6.26 Å². The average Bonchev–Trinajstić information content (AvgIpc) is 3.09. The predicted molar refractivity (Wildman–Crippen MR) is 75.1 cm³/mol. The van der Waals surface area contributed by atoms with E-state index in [1.165, 1.54) is 4.40 Å². The SMILES string of the molecule is Cc1nnc2c(F)c(-c3cccc4occc34)nc(N)n12. The molecule has 0 spiro atoms. The van der Waals surface area contributed by atoms with Crippen molar-refractivity contribution in [3.05, 3.63) is 42.2 Å². The van der Waals surface area contributed by atoms with E-state index in [9.17, 15) is 4.39 Å². The molecule has 21 heavy (non-hydrogen) atoms. The Hall–Kier alpha value is -2.96. The van der Waals surface area contributed by atoms with E-state index < -0.39 is 5.82 Å². The summed E-state index contributed by atoms with van der Waals surface area (Å²) in [7, 11) is 0. The normalized spacial score (nSPS) is 11.5. The Morgan fingerprint density at radius 2 is 2.10 bits per heavy atom. The van der Waals surface area contributed by atoms with E-state index >= 15 is 0 Å². The van der Waals surface area contributed by atoms with E-state index in [0.717, 1.165) is 5.39 Å². The summed E-state index contributed by atoms with van der Waals surface area (Å²) < 4.78 is 21.4. The van der Waals surface area contributed by atoms with Gasteiger partial charge in [0.15, 0.2) is 5.82 Å². The van der Waals surface area contributed by atoms with Gasteiger partial charge in [-0.2, -0.15) is 0 Å². The van der Waals surface area contributed by atoms with Crippen molar-refractivity contribution in [3.63, 3.8) is 0 Å². The number of nitrogen functional groups attached to an aromatic ring is 1. The molecule has 0 unspecified atom stereocenters. The van der Waals surface area contributed by atoms with Crippen LogP contribution in [0.15, 0.2) is 34.9 Å². The number of anilines is 1. The Bertz CT molecular complexity index is 988. The van der Waals surface area contributed by atoms with Gasteiger partial charge >= 0.3 is 0 Å². The third kappa shape index (κ3) is 1.54. The largest absolute Gasteiger partial charge is 0.464 e. The van der Waals surface area contributed by atoms with Gasteiger partial charge in [-0.1, -0.05) is 12.1 Å².